The quantitative estimate of drug-likeness (QED) is 0.621. The van der Waals surface area contributed by atoms with Gasteiger partial charge in [0.05, 0.1) is 0 Å². The van der Waals surface area contributed by atoms with Crippen molar-refractivity contribution in [2.24, 2.45) is 0 Å². The monoisotopic (exact) mass is 413 g/mol. The van der Waals surface area contributed by atoms with E-state index in [0.29, 0.717) is 18.4 Å². The fourth-order valence-corrected chi connectivity index (χ4v) is 4.27. The van der Waals surface area contributed by atoms with E-state index in [-0.39, 0.29) is 5.65 Å². The predicted octanol–water partition coefficient (Wildman–Crippen LogP) is 3.28. The average Bonchev–Trinajstić information content (AvgIpc) is 2.98. The number of rotatable bonds is 6. The zero-order valence-electron chi connectivity index (χ0n) is 15.1. The molecule has 3 rings (SSSR count). The molecule has 0 aliphatic rings. The number of hydrogen-bond acceptors (Lipinski definition) is 5. The van der Waals surface area contributed by atoms with E-state index in [1.165, 1.54) is 24.5 Å². The molecule has 0 spiro atoms. The van der Waals surface area contributed by atoms with Gasteiger partial charge in [0.2, 0.25) is 0 Å². The first-order valence-electron chi connectivity index (χ1n) is 8.29. The van der Waals surface area contributed by atoms with Crippen molar-refractivity contribution in [1.82, 2.24) is 13.9 Å². The van der Waals surface area contributed by atoms with Gasteiger partial charge in [0, 0.05) is 24.3 Å². The Morgan fingerprint density at radius 2 is 1.86 bits per heavy atom. The van der Waals surface area contributed by atoms with Gasteiger partial charge in [0.1, 0.15) is 10.6 Å². The summed E-state index contributed by atoms with van der Waals surface area (Å²) in [6.07, 6.45) is -1.62. The Kier molecular flexibility index (Phi) is 5.35. The van der Waals surface area contributed by atoms with Gasteiger partial charge in [-0.15, -0.1) is 13.2 Å². The van der Waals surface area contributed by atoms with Gasteiger partial charge in [-0.25, -0.2) is 17.4 Å². The fraction of sp³-hybridized carbons (Fsp3) is 0.278. The second-order valence-electron chi connectivity index (χ2n) is 6.38. The Hall–Kier alpha value is -2.59. The first kappa shape index (κ1) is 20.2. The molecule has 0 aliphatic heterocycles. The summed E-state index contributed by atoms with van der Waals surface area (Å²) in [5.74, 6) is -0.789. The first-order chi connectivity index (χ1) is 13.1. The second-order valence-corrected chi connectivity index (χ2v) is 8.16. The van der Waals surface area contributed by atoms with Gasteiger partial charge in [0.25, 0.3) is 10.0 Å². The number of aromatic nitrogens is 2. The molecular weight excluding hydrogens is 395 g/mol. The minimum atomic E-state index is -5.01. The van der Waals surface area contributed by atoms with Crippen molar-refractivity contribution in [3.8, 4) is 5.75 Å². The van der Waals surface area contributed by atoms with Crippen LogP contribution in [0.5, 0.6) is 5.75 Å². The van der Waals surface area contributed by atoms with E-state index >= 15 is 0 Å². The molecule has 1 aromatic carbocycles. The molecule has 6 nitrogen and oxygen atoms in total. The molecule has 0 aliphatic carbocycles. The molecule has 0 N–H and O–H groups in total. The highest BCUT2D eigenvalue weighted by Crippen LogP contribution is 2.32. The number of nitrogens with zero attached hydrogens (tertiary/aromatic N) is 3. The van der Waals surface area contributed by atoms with Crippen molar-refractivity contribution in [3.05, 3.63) is 54.4 Å². The van der Waals surface area contributed by atoms with E-state index < -0.39 is 27.0 Å². The molecule has 0 saturated heterocycles. The topological polar surface area (TPSA) is 64.4 Å². The maximum absolute atomic E-state index is 13.2. The molecule has 28 heavy (non-hydrogen) atoms. The van der Waals surface area contributed by atoms with Crippen molar-refractivity contribution in [3.63, 3.8) is 0 Å². The van der Waals surface area contributed by atoms with Crippen LogP contribution in [-0.4, -0.2) is 49.3 Å². The van der Waals surface area contributed by atoms with Crippen LogP contribution < -0.4 is 4.74 Å². The van der Waals surface area contributed by atoms with Crippen molar-refractivity contribution in [2.45, 2.75) is 17.7 Å². The zero-order chi connectivity index (χ0) is 20.5. The number of para-hydroxylation sites is 1. The van der Waals surface area contributed by atoms with Gasteiger partial charge >= 0.3 is 6.36 Å². The summed E-state index contributed by atoms with van der Waals surface area (Å²) in [4.78, 5) is 5.49. The smallest absolute Gasteiger partial charge is 0.404 e. The van der Waals surface area contributed by atoms with E-state index in [9.17, 15) is 21.6 Å². The number of likely N-dealkylation sites (N-methyl/N-ethyl adjacent to an activating group) is 1. The number of pyridine rings is 1. The Morgan fingerprint density at radius 3 is 2.54 bits per heavy atom. The van der Waals surface area contributed by atoms with Crippen molar-refractivity contribution < 1.29 is 26.3 Å². The largest absolute Gasteiger partial charge is 0.573 e. The predicted molar refractivity (Wildman–Crippen MR) is 97.7 cm³/mol. The van der Waals surface area contributed by atoms with Crippen LogP contribution in [0.3, 0.4) is 0 Å². The lowest BCUT2D eigenvalue weighted by Gasteiger charge is -2.14. The molecule has 0 unspecified atom stereocenters. The molecule has 150 valence electrons. The lowest BCUT2D eigenvalue weighted by Crippen LogP contribution is -2.20. The molecule has 0 amide bonds. The lowest BCUT2D eigenvalue weighted by atomic mass is 10.1. The minimum absolute atomic E-state index is 0.151. The third-order valence-corrected chi connectivity index (χ3v) is 5.74. The maximum atomic E-state index is 13.2. The van der Waals surface area contributed by atoms with Crippen LogP contribution in [0.4, 0.5) is 13.2 Å². The van der Waals surface area contributed by atoms with Crippen LogP contribution in [0.2, 0.25) is 0 Å². The van der Waals surface area contributed by atoms with Crippen LogP contribution in [0.1, 0.15) is 5.56 Å². The molecule has 0 saturated carbocycles. The Balaban J connectivity index is 2.15. The molecule has 10 heteroatoms. The number of alkyl halides is 3. The Morgan fingerprint density at radius 1 is 1.14 bits per heavy atom. The van der Waals surface area contributed by atoms with Crippen LogP contribution in [0.15, 0.2) is 53.7 Å². The van der Waals surface area contributed by atoms with Crippen molar-refractivity contribution >= 4 is 21.1 Å². The van der Waals surface area contributed by atoms with Gasteiger partial charge in [0.15, 0.2) is 5.65 Å². The van der Waals surface area contributed by atoms with E-state index in [0.717, 1.165) is 21.7 Å². The van der Waals surface area contributed by atoms with Gasteiger partial charge in [-0.1, -0.05) is 12.1 Å². The Labute approximate surface area is 160 Å². The van der Waals surface area contributed by atoms with E-state index in [1.54, 1.807) is 12.1 Å². The average molecular weight is 413 g/mol. The van der Waals surface area contributed by atoms with Gasteiger partial charge in [-0.2, -0.15) is 0 Å². The summed E-state index contributed by atoms with van der Waals surface area (Å²) >= 11 is 0. The number of benzene rings is 1. The summed E-state index contributed by atoms with van der Waals surface area (Å²) in [5, 5.41) is 0.627. The third kappa shape index (κ3) is 4.12. The second kappa shape index (κ2) is 7.44. The summed E-state index contributed by atoms with van der Waals surface area (Å²) in [6.45, 7) is 0.668. The maximum Gasteiger partial charge on any atom is 0.573 e. The molecule has 0 atom stereocenters. The highest BCUT2D eigenvalue weighted by atomic mass is 32.2. The molecule has 0 fully saturated rings. The van der Waals surface area contributed by atoms with Crippen LogP contribution in [0.25, 0.3) is 11.0 Å². The number of ether oxygens (including phenoxy) is 1. The standard InChI is InChI=1S/C18H18F3N3O3S/c1-23(2)11-9-13-12-24(17-14(13)6-5-10-22-17)28(25,26)16-8-4-3-7-15(16)27-18(19,20)21/h3-8,10,12H,9,11H2,1-2H3. The highest BCUT2D eigenvalue weighted by molar-refractivity contribution is 7.90. The molecule has 0 bridgehead atoms. The van der Waals surface area contributed by atoms with E-state index in [2.05, 4.69) is 9.72 Å². The van der Waals surface area contributed by atoms with Gasteiger partial charge in [-0.3, -0.25) is 0 Å². The molecule has 2 aromatic heterocycles. The SMILES string of the molecule is CN(C)CCc1cn(S(=O)(=O)c2ccccc2OC(F)(F)F)c2ncccc12. The van der Waals surface area contributed by atoms with Crippen molar-refractivity contribution in [1.29, 1.82) is 0 Å². The summed E-state index contributed by atoms with van der Waals surface area (Å²) in [6, 6.07) is 8.06. The molecule has 2 heterocycles. The Bertz CT molecular complexity index is 1090. The van der Waals surface area contributed by atoms with Gasteiger partial charge < -0.3 is 9.64 Å². The number of halogens is 3. The zero-order valence-corrected chi connectivity index (χ0v) is 16.0. The summed E-state index contributed by atoms with van der Waals surface area (Å²) < 4.78 is 69.3. The number of fused-ring (bicyclic) bond motifs is 1. The third-order valence-electron chi connectivity index (χ3n) is 4.05. The van der Waals surface area contributed by atoms with E-state index in [4.69, 9.17) is 0 Å². The van der Waals surface area contributed by atoms with Crippen LogP contribution in [0, 0.1) is 0 Å². The van der Waals surface area contributed by atoms with E-state index in [1.807, 2.05) is 19.0 Å². The van der Waals surface area contributed by atoms with Crippen LogP contribution in [-0.2, 0) is 16.4 Å². The number of hydrogen-bond donors (Lipinski definition) is 0. The fourth-order valence-electron chi connectivity index (χ4n) is 2.80. The lowest BCUT2D eigenvalue weighted by molar-refractivity contribution is -0.275. The molecular formula is C18H18F3N3O3S. The summed E-state index contributed by atoms with van der Waals surface area (Å²) in [7, 11) is -0.595. The highest BCUT2D eigenvalue weighted by Gasteiger charge is 2.34. The van der Waals surface area contributed by atoms with Gasteiger partial charge in [-0.05, 0) is 50.3 Å². The molecule has 0 radical (unpaired) electrons. The minimum Gasteiger partial charge on any atom is -0.404 e. The summed E-state index contributed by atoms with van der Waals surface area (Å²) in [5.41, 5.74) is 0.882. The van der Waals surface area contributed by atoms with Crippen LogP contribution >= 0.6 is 0 Å². The van der Waals surface area contributed by atoms with Crippen molar-refractivity contribution in [2.75, 3.05) is 20.6 Å². The normalized spacial score (nSPS) is 12.6. The molecule has 3 aromatic rings. The first-order valence-corrected chi connectivity index (χ1v) is 9.73.